The molecular weight excluding hydrogens is 366 g/mol. The number of benzene rings is 2. The van der Waals surface area contributed by atoms with Crippen LogP contribution in [0, 0.1) is 0 Å². The number of unbranched alkanes of at least 4 members (excludes halogenated alkanes) is 1. The van der Waals surface area contributed by atoms with Gasteiger partial charge in [0.05, 0.1) is 19.3 Å². The maximum Gasteiger partial charge on any atom is 0.171 e. The number of nitrogens with one attached hydrogen (secondary N) is 2. The van der Waals surface area contributed by atoms with Gasteiger partial charge in [-0.2, -0.15) is 0 Å². The SMILES string of the molecule is CCCCc1ccc(NC(=S)N[C@@H](CN2CCOCC2)c2ccccc2)cc1. The molecule has 150 valence electrons. The second-order valence-corrected chi connectivity index (χ2v) is 7.68. The minimum atomic E-state index is 0.142. The first-order valence-electron chi connectivity index (χ1n) is 10.3. The first-order chi connectivity index (χ1) is 13.7. The highest BCUT2D eigenvalue weighted by Crippen LogP contribution is 2.17. The standard InChI is InChI=1S/C23H31N3OS/c1-2-3-7-19-10-12-21(13-11-19)24-23(28)25-22(20-8-5-4-6-9-20)18-26-14-16-27-17-15-26/h4-6,8-13,22H,2-3,7,14-18H2,1H3,(H2,24,25,28)/t22-/m0/s1. The highest BCUT2D eigenvalue weighted by molar-refractivity contribution is 7.80. The first-order valence-corrected chi connectivity index (χ1v) is 10.7. The third kappa shape index (κ3) is 6.59. The van der Waals surface area contributed by atoms with Crippen LogP contribution in [0.3, 0.4) is 0 Å². The van der Waals surface area contributed by atoms with Crippen LogP contribution in [0.5, 0.6) is 0 Å². The molecule has 0 amide bonds. The van der Waals surface area contributed by atoms with Crippen LogP contribution in [-0.2, 0) is 11.2 Å². The molecule has 4 nitrogen and oxygen atoms in total. The Morgan fingerprint density at radius 2 is 1.79 bits per heavy atom. The second kappa shape index (κ2) is 11.1. The van der Waals surface area contributed by atoms with Crippen LogP contribution in [0.1, 0.15) is 36.9 Å². The fourth-order valence-electron chi connectivity index (χ4n) is 3.42. The molecule has 1 fully saturated rings. The third-order valence-corrected chi connectivity index (χ3v) is 5.30. The largest absolute Gasteiger partial charge is 0.379 e. The van der Waals surface area contributed by atoms with Crippen LogP contribution in [0.2, 0.25) is 0 Å². The number of nitrogens with zero attached hydrogens (tertiary/aromatic N) is 1. The van der Waals surface area contributed by atoms with E-state index >= 15 is 0 Å². The molecule has 0 saturated carbocycles. The van der Waals surface area contributed by atoms with E-state index in [2.05, 4.69) is 71.0 Å². The summed E-state index contributed by atoms with van der Waals surface area (Å²) in [6, 6.07) is 19.2. The number of morpholine rings is 1. The summed E-state index contributed by atoms with van der Waals surface area (Å²) < 4.78 is 5.48. The number of hydrogen-bond acceptors (Lipinski definition) is 3. The molecule has 28 heavy (non-hydrogen) atoms. The normalized spacial score (nSPS) is 15.8. The summed E-state index contributed by atoms with van der Waals surface area (Å²) in [5.41, 5.74) is 3.64. The zero-order chi connectivity index (χ0) is 19.6. The average molecular weight is 398 g/mol. The van der Waals surface area contributed by atoms with E-state index in [4.69, 9.17) is 17.0 Å². The lowest BCUT2D eigenvalue weighted by Crippen LogP contribution is -2.44. The summed E-state index contributed by atoms with van der Waals surface area (Å²) in [5, 5.41) is 7.51. The minimum Gasteiger partial charge on any atom is -0.379 e. The number of aryl methyl sites for hydroxylation is 1. The van der Waals surface area contributed by atoms with Crippen molar-refractivity contribution in [3.8, 4) is 0 Å². The molecule has 0 radical (unpaired) electrons. The highest BCUT2D eigenvalue weighted by Gasteiger charge is 2.19. The fourth-order valence-corrected chi connectivity index (χ4v) is 3.68. The number of hydrogen-bond donors (Lipinski definition) is 2. The Morgan fingerprint density at radius 3 is 2.46 bits per heavy atom. The predicted octanol–water partition coefficient (Wildman–Crippen LogP) is 4.39. The lowest BCUT2D eigenvalue weighted by atomic mass is 10.1. The minimum absolute atomic E-state index is 0.142. The molecule has 3 rings (SSSR count). The Labute approximate surface area is 174 Å². The van der Waals surface area contributed by atoms with E-state index in [0.29, 0.717) is 5.11 Å². The van der Waals surface area contributed by atoms with Crippen molar-refractivity contribution in [1.82, 2.24) is 10.2 Å². The van der Waals surface area contributed by atoms with Crippen molar-refractivity contribution in [1.29, 1.82) is 0 Å². The van der Waals surface area contributed by atoms with Gasteiger partial charge in [-0.05, 0) is 48.3 Å². The van der Waals surface area contributed by atoms with Gasteiger partial charge < -0.3 is 15.4 Å². The summed E-state index contributed by atoms with van der Waals surface area (Å²) in [4.78, 5) is 2.43. The van der Waals surface area contributed by atoms with Gasteiger partial charge in [0, 0.05) is 25.3 Å². The predicted molar refractivity (Wildman–Crippen MR) is 121 cm³/mol. The molecule has 0 bridgehead atoms. The van der Waals surface area contributed by atoms with Crippen LogP contribution in [0.15, 0.2) is 54.6 Å². The molecule has 0 aromatic heterocycles. The molecule has 1 heterocycles. The van der Waals surface area contributed by atoms with E-state index in [9.17, 15) is 0 Å². The number of ether oxygens (including phenoxy) is 1. The fraction of sp³-hybridized carbons (Fsp3) is 0.435. The van der Waals surface area contributed by atoms with Crippen LogP contribution >= 0.6 is 12.2 Å². The Kier molecular flexibility index (Phi) is 8.27. The number of rotatable bonds is 8. The smallest absolute Gasteiger partial charge is 0.171 e. The summed E-state index contributed by atoms with van der Waals surface area (Å²) in [6.07, 6.45) is 3.58. The molecule has 2 aromatic rings. The molecule has 1 aliphatic heterocycles. The van der Waals surface area contributed by atoms with Gasteiger partial charge in [0.1, 0.15) is 0 Å². The van der Waals surface area contributed by atoms with Crippen molar-refractivity contribution in [2.45, 2.75) is 32.2 Å². The third-order valence-electron chi connectivity index (χ3n) is 5.08. The van der Waals surface area contributed by atoms with Gasteiger partial charge in [-0.3, -0.25) is 4.90 Å². The Morgan fingerprint density at radius 1 is 1.07 bits per heavy atom. The van der Waals surface area contributed by atoms with Crippen molar-refractivity contribution >= 4 is 23.0 Å². The lowest BCUT2D eigenvalue weighted by Gasteiger charge is -2.31. The van der Waals surface area contributed by atoms with Gasteiger partial charge in [0.25, 0.3) is 0 Å². The van der Waals surface area contributed by atoms with Gasteiger partial charge in [-0.1, -0.05) is 55.8 Å². The summed E-state index contributed by atoms with van der Waals surface area (Å²) >= 11 is 5.62. The summed E-state index contributed by atoms with van der Waals surface area (Å²) in [7, 11) is 0. The van der Waals surface area contributed by atoms with Crippen molar-refractivity contribution in [2.75, 3.05) is 38.2 Å². The van der Waals surface area contributed by atoms with Gasteiger partial charge in [-0.25, -0.2) is 0 Å². The van der Waals surface area contributed by atoms with Gasteiger partial charge >= 0.3 is 0 Å². The van der Waals surface area contributed by atoms with Crippen LogP contribution in [-0.4, -0.2) is 42.9 Å². The molecule has 0 aliphatic carbocycles. The molecule has 1 atom stereocenters. The zero-order valence-corrected chi connectivity index (χ0v) is 17.5. The van der Waals surface area contributed by atoms with E-state index < -0.39 is 0 Å². The maximum atomic E-state index is 5.62. The van der Waals surface area contributed by atoms with E-state index in [1.54, 1.807) is 0 Å². The highest BCUT2D eigenvalue weighted by atomic mass is 32.1. The van der Waals surface area contributed by atoms with Crippen molar-refractivity contribution in [3.05, 3.63) is 65.7 Å². The van der Waals surface area contributed by atoms with Gasteiger partial charge in [0.2, 0.25) is 0 Å². The van der Waals surface area contributed by atoms with Gasteiger partial charge in [0.15, 0.2) is 5.11 Å². The molecular formula is C23H31N3OS. The molecule has 2 aromatic carbocycles. The summed E-state index contributed by atoms with van der Waals surface area (Å²) in [6.45, 7) is 6.66. The van der Waals surface area contributed by atoms with Crippen LogP contribution in [0.4, 0.5) is 5.69 Å². The van der Waals surface area contributed by atoms with Crippen molar-refractivity contribution in [2.24, 2.45) is 0 Å². The quantitative estimate of drug-likeness (QED) is 0.646. The Hall–Kier alpha value is -1.95. The first kappa shape index (κ1) is 20.8. The second-order valence-electron chi connectivity index (χ2n) is 7.28. The number of thiocarbonyl (C=S) groups is 1. The maximum absolute atomic E-state index is 5.62. The van der Waals surface area contributed by atoms with E-state index in [1.807, 2.05) is 6.07 Å². The number of anilines is 1. The molecule has 0 unspecified atom stereocenters. The zero-order valence-electron chi connectivity index (χ0n) is 16.7. The molecule has 0 spiro atoms. The van der Waals surface area contributed by atoms with E-state index in [1.165, 1.54) is 24.0 Å². The Balaban J connectivity index is 1.60. The van der Waals surface area contributed by atoms with Crippen molar-refractivity contribution in [3.63, 3.8) is 0 Å². The van der Waals surface area contributed by atoms with Crippen molar-refractivity contribution < 1.29 is 4.74 Å². The molecule has 1 aliphatic rings. The monoisotopic (exact) mass is 397 g/mol. The lowest BCUT2D eigenvalue weighted by molar-refractivity contribution is 0.0344. The molecule has 2 N–H and O–H groups in total. The topological polar surface area (TPSA) is 36.5 Å². The summed E-state index contributed by atoms with van der Waals surface area (Å²) in [5.74, 6) is 0. The van der Waals surface area contributed by atoms with Crippen LogP contribution < -0.4 is 10.6 Å². The Bertz CT molecular complexity index is 714. The molecule has 5 heteroatoms. The van der Waals surface area contributed by atoms with E-state index in [-0.39, 0.29) is 6.04 Å². The van der Waals surface area contributed by atoms with Crippen LogP contribution in [0.25, 0.3) is 0 Å². The average Bonchev–Trinajstić information content (AvgIpc) is 2.74. The van der Waals surface area contributed by atoms with E-state index in [0.717, 1.165) is 45.0 Å². The molecule has 1 saturated heterocycles. The van der Waals surface area contributed by atoms with Gasteiger partial charge in [-0.15, -0.1) is 0 Å².